The van der Waals surface area contributed by atoms with Gasteiger partial charge in [-0.2, -0.15) is 0 Å². The Labute approximate surface area is 105 Å². The van der Waals surface area contributed by atoms with Gasteiger partial charge < -0.3 is 20.3 Å². The molecule has 18 heavy (non-hydrogen) atoms. The first-order valence-electron chi connectivity index (χ1n) is 5.78. The van der Waals surface area contributed by atoms with Crippen molar-refractivity contribution >= 4 is 11.7 Å². The van der Waals surface area contributed by atoms with E-state index < -0.39 is 10.8 Å². The van der Waals surface area contributed by atoms with Crippen molar-refractivity contribution in [3.8, 4) is 0 Å². The van der Waals surface area contributed by atoms with E-state index in [1.807, 2.05) is 13.8 Å². The lowest BCUT2D eigenvalue weighted by Crippen LogP contribution is -2.34. The second-order valence-electron chi connectivity index (χ2n) is 3.68. The van der Waals surface area contributed by atoms with E-state index in [2.05, 4.69) is 20.4 Å². The molecule has 0 aliphatic carbocycles. The Hall–Kier alpha value is -1.96. The molecule has 0 unspecified atom stereocenters. The summed E-state index contributed by atoms with van der Waals surface area (Å²) in [5.41, 5.74) is 0.0289. The van der Waals surface area contributed by atoms with Crippen molar-refractivity contribution in [1.29, 1.82) is 0 Å². The zero-order chi connectivity index (χ0) is 13.5. The number of aromatic amines is 1. The second kappa shape index (κ2) is 6.70. The molecule has 2 N–H and O–H groups in total. The molecular weight excluding hydrogens is 238 g/mol. The number of hydrogen-bond donors (Lipinski definition) is 2. The molecular formula is C10H17N5O3. The highest BCUT2D eigenvalue weighted by Gasteiger charge is 2.15. The summed E-state index contributed by atoms with van der Waals surface area (Å²) in [6.07, 6.45) is 0. The average molecular weight is 255 g/mol. The van der Waals surface area contributed by atoms with Crippen LogP contribution in [0.4, 0.5) is 5.82 Å². The average Bonchev–Trinajstić information content (AvgIpc) is 2.84. The van der Waals surface area contributed by atoms with Crippen LogP contribution < -0.4 is 5.32 Å². The molecule has 0 fully saturated rings. The molecule has 8 heteroatoms. The number of carbonyl (C=O) groups is 1. The van der Waals surface area contributed by atoms with E-state index in [0.29, 0.717) is 6.54 Å². The first-order chi connectivity index (χ1) is 8.58. The summed E-state index contributed by atoms with van der Waals surface area (Å²) in [6, 6.07) is 1.12. The molecule has 0 aliphatic rings. The number of carbonyl (C=O) groups excluding carboxylic acids is 1. The zero-order valence-corrected chi connectivity index (χ0v) is 10.5. The lowest BCUT2D eigenvalue weighted by Gasteiger charge is -2.17. The van der Waals surface area contributed by atoms with Crippen LogP contribution in [-0.4, -0.2) is 52.1 Å². The van der Waals surface area contributed by atoms with Gasteiger partial charge in [-0.25, -0.2) is 0 Å². The highest BCUT2D eigenvalue weighted by Crippen LogP contribution is 2.07. The van der Waals surface area contributed by atoms with Gasteiger partial charge in [0.05, 0.1) is 6.07 Å². The summed E-state index contributed by atoms with van der Waals surface area (Å²) in [7, 11) is 0. The number of nitrogens with zero attached hydrogens (tertiary/aromatic N) is 3. The zero-order valence-electron chi connectivity index (χ0n) is 10.5. The number of aromatic nitrogens is 2. The Kier molecular flexibility index (Phi) is 5.25. The van der Waals surface area contributed by atoms with Crippen LogP contribution in [0.5, 0.6) is 0 Å². The number of likely N-dealkylation sites (N-methyl/N-ethyl adjacent to an activating group) is 1. The summed E-state index contributed by atoms with van der Waals surface area (Å²) in [5.74, 6) is -0.699. The first kappa shape index (κ1) is 14.1. The van der Waals surface area contributed by atoms with E-state index in [1.165, 1.54) is 0 Å². The fraction of sp³-hybridized carbons (Fsp3) is 0.600. The van der Waals surface area contributed by atoms with Crippen LogP contribution in [0.15, 0.2) is 6.07 Å². The Bertz CT molecular complexity index is 413. The van der Waals surface area contributed by atoms with Gasteiger partial charge in [0.2, 0.25) is 0 Å². The van der Waals surface area contributed by atoms with Gasteiger partial charge in [-0.15, -0.1) is 5.10 Å². The quantitative estimate of drug-likeness (QED) is 0.541. The van der Waals surface area contributed by atoms with Crippen molar-refractivity contribution in [2.24, 2.45) is 0 Å². The molecule has 0 bridgehead atoms. The second-order valence-corrected chi connectivity index (χ2v) is 3.68. The molecule has 0 saturated carbocycles. The molecule has 0 atom stereocenters. The van der Waals surface area contributed by atoms with Gasteiger partial charge in [0.1, 0.15) is 0 Å². The molecule has 1 aromatic rings. The Morgan fingerprint density at radius 2 is 2.22 bits per heavy atom. The van der Waals surface area contributed by atoms with E-state index in [1.54, 1.807) is 0 Å². The third-order valence-electron chi connectivity index (χ3n) is 2.60. The fourth-order valence-corrected chi connectivity index (χ4v) is 1.48. The smallest absolute Gasteiger partial charge is 0.343 e. The first-order valence-corrected chi connectivity index (χ1v) is 5.78. The molecule has 1 aromatic heterocycles. The van der Waals surface area contributed by atoms with Crippen LogP contribution in [0, 0.1) is 10.1 Å². The van der Waals surface area contributed by atoms with Crippen molar-refractivity contribution in [3.05, 3.63) is 21.9 Å². The van der Waals surface area contributed by atoms with Crippen molar-refractivity contribution in [3.63, 3.8) is 0 Å². The van der Waals surface area contributed by atoms with Crippen molar-refractivity contribution < 1.29 is 9.72 Å². The largest absolute Gasteiger partial charge is 0.358 e. The third-order valence-corrected chi connectivity index (χ3v) is 2.60. The fourth-order valence-electron chi connectivity index (χ4n) is 1.48. The van der Waals surface area contributed by atoms with Crippen molar-refractivity contribution in [2.45, 2.75) is 13.8 Å². The standard InChI is InChI=1S/C10H17N5O3/c1-3-14(4-2)6-5-11-10(16)8-7-9(13-12-8)15(17)18/h7H,3-6H2,1-2H3,(H,11,16)(H,12,13). The molecule has 0 saturated heterocycles. The van der Waals surface area contributed by atoms with Gasteiger partial charge in [-0.05, 0) is 18.0 Å². The number of H-pyrrole nitrogens is 1. The SMILES string of the molecule is CCN(CC)CCNC(=O)c1cc([N+](=O)[O-])[nH]n1. The van der Waals surface area contributed by atoms with E-state index >= 15 is 0 Å². The molecule has 0 radical (unpaired) electrons. The highest BCUT2D eigenvalue weighted by atomic mass is 16.6. The molecule has 0 spiro atoms. The number of nitro groups is 1. The summed E-state index contributed by atoms with van der Waals surface area (Å²) < 4.78 is 0. The monoisotopic (exact) mass is 255 g/mol. The lowest BCUT2D eigenvalue weighted by molar-refractivity contribution is -0.389. The van der Waals surface area contributed by atoms with Crippen LogP contribution in [0.25, 0.3) is 0 Å². The van der Waals surface area contributed by atoms with Crippen LogP contribution in [0.2, 0.25) is 0 Å². The van der Waals surface area contributed by atoms with E-state index in [9.17, 15) is 14.9 Å². The summed E-state index contributed by atoms with van der Waals surface area (Å²) in [5, 5.41) is 18.8. The molecule has 1 rings (SSSR count). The maximum absolute atomic E-state index is 11.6. The predicted molar refractivity (Wildman–Crippen MR) is 65.4 cm³/mol. The lowest BCUT2D eigenvalue weighted by atomic mass is 10.4. The van der Waals surface area contributed by atoms with E-state index in [0.717, 1.165) is 25.7 Å². The van der Waals surface area contributed by atoms with Crippen LogP contribution in [0.3, 0.4) is 0 Å². The van der Waals surface area contributed by atoms with Gasteiger partial charge in [-0.1, -0.05) is 18.9 Å². The van der Waals surface area contributed by atoms with Crippen molar-refractivity contribution in [2.75, 3.05) is 26.2 Å². The predicted octanol–water partition coefficient (Wildman–Crippen LogP) is 0.389. The Morgan fingerprint density at radius 3 is 2.72 bits per heavy atom. The number of amides is 1. The molecule has 1 heterocycles. The molecule has 100 valence electrons. The molecule has 1 amide bonds. The van der Waals surface area contributed by atoms with Gasteiger partial charge in [0.25, 0.3) is 5.91 Å². The minimum Gasteiger partial charge on any atom is -0.358 e. The normalized spacial score (nSPS) is 10.6. The number of hydrogen-bond acceptors (Lipinski definition) is 5. The van der Waals surface area contributed by atoms with Crippen LogP contribution in [0.1, 0.15) is 24.3 Å². The van der Waals surface area contributed by atoms with Gasteiger partial charge in [-0.3, -0.25) is 4.79 Å². The van der Waals surface area contributed by atoms with Gasteiger partial charge in [0.15, 0.2) is 5.69 Å². The Balaban J connectivity index is 2.42. The minimum atomic E-state index is -0.625. The van der Waals surface area contributed by atoms with Crippen LogP contribution in [-0.2, 0) is 0 Å². The maximum atomic E-state index is 11.6. The van der Waals surface area contributed by atoms with Crippen LogP contribution >= 0.6 is 0 Å². The van der Waals surface area contributed by atoms with E-state index in [4.69, 9.17) is 0 Å². The third kappa shape index (κ3) is 3.81. The van der Waals surface area contributed by atoms with Gasteiger partial charge in [0, 0.05) is 13.1 Å². The number of nitrogens with one attached hydrogen (secondary N) is 2. The molecule has 8 nitrogen and oxygen atoms in total. The molecule has 0 aromatic carbocycles. The summed E-state index contributed by atoms with van der Waals surface area (Å²) in [6.45, 7) is 7.15. The Morgan fingerprint density at radius 1 is 1.56 bits per heavy atom. The summed E-state index contributed by atoms with van der Waals surface area (Å²) >= 11 is 0. The minimum absolute atomic E-state index is 0.0289. The maximum Gasteiger partial charge on any atom is 0.343 e. The molecule has 0 aliphatic heterocycles. The van der Waals surface area contributed by atoms with E-state index in [-0.39, 0.29) is 11.5 Å². The van der Waals surface area contributed by atoms with Gasteiger partial charge >= 0.3 is 5.82 Å². The summed E-state index contributed by atoms with van der Waals surface area (Å²) in [4.78, 5) is 23.6. The topological polar surface area (TPSA) is 104 Å². The van der Waals surface area contributed by atoms with Crippen molar-refractivity contribution in [1.82, 2.24) is 20.4 Å². The number of rotatable bonds is 7. The highest BCUT2D eigenvalue weighted by molar-refractivity contribution is 5.92.